The maximum Gasteiger partial charge on any atom is 0.330 e. The van der Waals surface area contributed by atoms with Gasteiger partial charge in [0.05, 0.1) is 13.7 Å². The second-order valence-electron chi connectivity index (χ2n) is 10.4. The number of esters is 1. The minimum Gasteiger partial charge on any atom is -0.504 e. The molecule has 31 heavy (non-hydrogen) atoms. The van der Waals surface area contributed by atoms with E-state index in [4.69, 9.17) is 9.47 Å². The summed E-state index contributed by atoms with van der Waals surface area (Å²) in [6, 6.07) is 1.92. The summed E-state index contributed by atoms with van der Waals surface area (Å²) in [7, 11) is 1.56. The van der Waals surface area contributed by atoms with Gasteiger partial charge in [0, 0.05) is 40.0 Å². The molecule has 3 atom stereocenters. The predicted octanol–water partition coefficient (Wildman–Crippen LogP) is 5.68. The number of Topliss-reactive ketones (excluding diaryl/α,β-unsaturated/α-hetero) is 1. The molecule has 1 N–H and O–H groups in total. The van der Waals surface area contributed by atoms with Crippen LogP contribution in [0.25, 0.3) is 0 Å². The molecule has 0 aromatic heterocycles. The van der Waals surface area contributed by atoms with Crippen molar-refractivity contribution in [1.29, 1.82) is 0 Å². The van der Waals surface area contributed by atoms with Crippen LogP contribution in [0.1, 0.15) is 94.6 Å². The van der Waals surface area contributed by atoms with E-state index in [1.54, 1.807) is 7.11 Å². The SMILES string of the molecule is COc1c(C(C)C)cc2c(c1O)[C@@]1(C)CCC[C@](C)(COC(=O)C=C(C)C)[C@@H]1CC2=O. The quantitative estimate of drug-likeness (QED) is 0.482. The summed E-state index contributed by atoms with van der Waals surface area (Å²) < 4.78 is 11.2. The smallest absolute Gasteiger partial charge is 0.330 e. The van der Waals surface area contributed by atoms with E-state index in [1.165, 1.54) is 6.08 Å². The molecule has 1 saturated carbocycles. The Kier molecular flexibility index (Phi) is 6.28. The zero-order valence-electron chi connectivity index (χ0n) is 19.9. The lowest BCUT2D eigenvalue weighted by molar-refractivity contribution is -0.144. The first-order valence-corrected chi connectivity index (χ1v) is 11.2. The van der Waals surface area contributed by atoms with Crippen LogP contribution in [0.4, 0.5) is 0 Å². The number of fused-ring (bicyclic) bond motifs is 3. The Balaban J connectivity index is 2.07. The molecule has 0 saturated heterocycles. The van der Waals surface area contributed by atoms with Crippen molar-refractivity contribution in [3.63, 3.8) is 0 Å². The van der Waals surface area contributed by atoms with E-state index in [2.05, 4.69) is 13.8 Å². The maximum absolute atomic E-state index is 13.3. The fraction of sp³-hybridized carbons (Fsp3) is 0.615. The lowest BCUT2D eigenvalue weighted by Crippen LogP contribution is -2.52. The fourth-order valence-electron chi connectivity index (χ4n) is 5.84. The number of rotatable bonds is 5. The number of hydrogen-bond acceptors (Lipinski definition) is 5. The largest absolute Gasteiger partial charge is 0.504 e. The number of carbonyl (C=O) groups is 2. The molecule has 1 aromatic carbocycles. The van der Waals surface area contributed by atoms with Crippen LogP contribution in [-0.2, 0) is 14.9 Å². The van der Waals surface area contributed by atoms with E-state index in [9.17, 15) is 14.7 Å². The van der Waals surface area contributed by atoms with E-state index in [1.807, 2.05) is 33.8 Å². The van der Waals surface area contributed by atoms with Crippen molar-refractivity contribution in [1.82, 2.24) is 0 Å². The Bertz CT molecular complexity index is 924. The van der Waals surface area contributed by atoms with Gasteiger partial charge in [-0.25, -0.2) is 4.79 Å². The zero-order valence-corrected chi connectivity index (χ0v) is 19.9. The Labute approximate surface area is 185 Å². The van der Waals surface area contributed by atoms with Gasteiger partial charge in [0.1, 0.15) is 0 Å². The number of phenols is 1. The van der Waals surface area contributed by atoms with Crippen molar-refractivity contribution in [3.8, 4) is 11.5 Å². The molecule has 1 aromatic rings. The van der Waals surface area contributed by atoms with Gasteiger partial charge in [0.2, 0.25) is 0 Å². The first-order valence-electron chi connectivity index (χ1n) is 11.2. The molecule has 0 bridgehead atoms. The lowest BCUT2D eigenvalue weighted by Gasteiger charge is -2.54. The fourth-order valence-corrected chi connectivity index (χ4v) is 5.84. The second kappa shape index (κ2) is 8.33. The van der Waals surface area contributed by atoms with E-state index < -0.39 is 5.41 Å². The Morgan fingerprint density at radius 2 is 1.97 bits per heavy atom. The van der Waals surface area contributed by atoms with Gasteiger partial charge in [-0.3, -0.25) is 4.79 Å². The van der Waals surface area contributed by atoms with Crippen molar-refractivity contribution < 1.29 is 24.2 Å². The molecule has 0 aliphatic heterocycles. The highest BCUT2D eigenvalue weighted by Crippen LogP contribution is 2.60. The van der Waals surface area contributed by atoms with Gasteiger partial charge in [-0.1, -0.05) is 39.7 Å². The highest BCUT2D eigenvalue weighted by Gasteiger charge is 2.55. The van der Waals surface area contributed by atoms with Gasteiger partial charge >= 0.3 is 5.97 Å². The summed E-state index contributed by atoms with van der Waals surface area (Å²) in [5, 5.41) is 11.3. The third-order valence-corrected chi connectivity index (χ3v) is 7.38. The highest BCUT2D eigenvalue weighted by atomic mass is 16.5. The van der Waals surface area contributed by atoms with Gasteiger partial charge < -0.3 is 14.6 Å². The Morgan fingerprint density at radius 1 is 1.29 bits per heavy atom. The van der Waals surface area contributed by atoms with Crippen LogP contribution >= 0.6 is 0 Å². The van der Waals surface area contributed by atoms with Crippen LogP contribution in [0.2, 0.25) is 0 Å². The Hall–Kier alpha value is -2.30. The molecule has 170 valence electrons. The van der Waals surface area contributed by atoms with Crippen molar-refractivity contribution in [3.05, 3.63) is 34.4 Å². The van der Waals surface area contributed by atoms with E-state index in [0.717, 1.165) is 30.4 Å². The highest BCUT2D eigenvalue weighted by molar-refractivity contribution is 6.01. The number of ether oxygens (including phenoxy) is 2. The standard InChI is InChI=1S/C26H36O5/c1-15(2)11-21(28)31-14-25(5)9-8-10-26(6)20(25)13-19(27)18-12-17(16(3)4)24(30-7)23(29)22(18)26/h11-12,16,20,29H,8-10,13-14H2,1-7H3/t20-,25+,26-/m0/s1. The topological polar surface area (TPSA) is 72.8 Å². The molecule has 3 rings (SSSR count). The molecule has 0 radical (unpaired) electrons. The van der Waals surface area contributed by atoms with Gasteiger partial charge in [0.15, 0.2) is 17.3 Å². The van der Waals surface area contributed by atoms with Crippen molar-refractivity contribution in [2.24, 2.45) is 11.3 Å². The van der Waals surface area contributed by atoms with Crippen LogP contribution < -0.4 is 4.74 Å². The number of benzene rings is 1. The second-order valence-corrected chi connectivity index (χ2v) is 10.4. The minimum absolute atomic E-state index is 0.0336. The maximum atomic E-state index is 13.3. The average Bonchev–Trinajstić information content (AvgIpc) is 2.67. The summed E-state index contributed by atoms with van der Waals surface area (Å²) in [6.07, 6.45) is 4.57. The third-order valence-electron chi connectivity index (χ3n) is 7.38. The van der Waals surface area contributed by atoms with Crippen LogP contribution in [-0.4, -0.2) is 30.6 Å². The molecule has 1 fully saturated rings. The lowest BCUT2D eigenvalue weighted by atomic mass is 9.49. The monoisotopic (exact) mass is 428 g/mol. The molecule has 0 amide bonds. The van der Waals surface area contributed by atoms with E-state index >= 15 is 0 Å². The zero-order chi connectivity index (χ0) is 23.1. The molecule has 5 heteroatoms. The molecular weight excluding hydrogens is 392 g/mol. The third kappa shape index (κ3) is 3.99. The number of phenolic OH excluding ortho intramolecular Hbond substituents is 1. The van der Waals surface area contributed by atoms with E-state index in [0.29, 0.717) is 23.3 Å². The molecule has 5 nitrogen and oxygen atoms in total. The van der Waals surface area contributed by atoms with Crippen LogP contribution in [0.5, 0.6) is 11.5 Å². The summed E-state index contributed by atoms with van der Waals surface area (Å²) >= 11 is 0. The van der Waals surface area contributed by atoms with Crippen molar-refractivity contribution in [2.45, 2.75) is 78.6 Å². The Morgan fingerprint density at radius 3 is 2.55 bits per heavy atom. The summed E-state index contributed by atoms with van der Waals surface area (Å²) in [5.74, 6) is 0.341. The average molecular weight is 429 g/mol. The normalized spacial score (nSPS) is 27.4. The predicted molar refractivity (Wildman–Crippen MR) is 121 cm³/mol. The number of aromatic hydroxyl groups is 1. The molecule has 2 aliphatic rings. The number of allylic oxidation sites excluding steroid dienone is 1. The number of ketones is 1. The summed E-state index contributed by atoms with van der Waals surface area (Å²) in [5.41, 5.74) is 2.32. The van der Waals surface area contributed by atoms with Crippen molar-refractivity contribution in [2.75, 3.05) is 13.7 Å². The number of hydrogen-bond donors (Lipinski definition) is 1. The molecular formula is C26H36O5. The van der Waals surface area contributed by atoms with Gasteiger partial charge in [0.25, 0.3) is 0 Å². The van der Waals surface area contributed by atoms with Gasteiger partial charge in [-0.2, -0.15) is 0 Å². The minimum atomic E-state index is -0.397. The van der Waals surface area contributed by atoms with E-state index in [-0.39, 0.29) is 41.4 Å². The van der Waals surface area contributed by atoms with Crippen LogP contribution in [0.15, 0.2) is 17.7 Å². The molecule has 2 aliphatic carbocycles. The molecule has 0 unspecified atom stereocenters. The summed E-state index contributed by atoms with van der Waals surface area (Å²) in [6.45, 7) is 12.3. The summed E-state index contributed by atoms with van der Waals surface area (Å²) in [4.78, 5) is 25.5. The van der Waals surface area contributed by atoms with Gasteiger partial charge in [-0.05, 0) is 44.6 Å². The molecule has 0 spiro atoms. The first-order chi connectivity index (χ1) is 14.4. The number of methoxy groups -OCH3 is 1. The van der Waals surface area contributed by atoms with Crippen LogP contribution in [0, 0.1) is 11.3 Å². The molecule has 0 heterocycles. The first kappa shape index (κ1) is 23.4. The number of carbonyl (C=O) groups excluding carboxylic acids is 2. The van der Waals surface area contributed by atoms with Crippen LogP contribution in [0.3, 0.4) is 0 Å². The van der Waals surface area contributed by atoms with Gasteiger partial charge in [-0.15, -0.1) is 0 Å². The van der Waals surface area contributed by atoms with Crippen molar-refractivity contribution >= 4 is 11.8 Å².